The number of hydrogen-bond donors (Lipinski definition) is 1. The second kappa shape index (κ2) is 6.98. The van der Waals surface area contributed by atoms with E-state index >= 15 is 0 Å². The molecule has 1 heterocycles. The second-order valence-electron chi connectivity index (χ2n) is 7.38. The fourth-order valence-electron chi connectivity index (χ4n) is 3.90. The van der Waals surface area contributed by atoms with Crippen LogP contribution in [0.15, 0.2) is 59.0 Å². The molecule has 2 N–H and O–H groups in total. The summed E-state index contributed by atoms with van der Waals surface area (Å²) < 4.78 is 5.93. The number of nitrogens with zero attached hydrogens (tertiary/aromatic N) is 3. The first kappa shape index (κ1) is 17.4. The van der Waals surface area contributed by atoms with E-state index < -0.39 is 5.54 Å². The third-order valence-corrected chi connectivity index (χ3v) is 5.51. The van der Waals surface area contributed by atoms with Crippen LogP contribution in [0.1, 0.15) is 47.7 Å². The van der Waals surface area contributed by atoms with Crippen molar-refractivity contribution in [2.45, 2.75) is 37.6 Å². The molecule has 0 radical (unpaired) electrons. The molecule has 2 unspecified atom stereocenters. The SMILES string of the molecule is C[C@@](N)(c1ccccc1)c1nnc(CC2CCc3ccccc3C2C#N)o1. The van der Waals surface area contributed by atoms with Crippen molar-refractivity contribution < 1.29 is 4.42 Å². The molecule has 5 heteroatoms. The number of benzene rings is 2. The lowest BCUT2D eigenvalue weighted by Crippen LogP contribution is -2.34. The number of aryl methyl sites for hydroxylation is 1. The van der Waals surface area contributed by atoms with Gasteiger partial charge >= 0.3 is 0 Å². The van der Waals surface area contributed by atoms with Gasteiger partial charge in [-0.05, 0) is 42.4 Å². The van der Waals surface area contributed by atoms with Crippen LogP contribution in [0.3, 0.4) is 0 Å². The molecule has 0 spiro atoms. The van der Waals surface area contributed by atoms with Gasteiger partial charge in [-0.3, -0.25) is 0 Å². The Kier molecular flexibility index (Phi) is 4.51. The minimum Gasteiger partial charge on any atom is -0.423 e. The van der Waals surface area contributed by atoms with Crippen LogP contribution in [0.25, 0.3) is 0 Å². The van der Waals surface area contributed by atoms with Gasteiger partial charge in [-0.25, -0.2) is 0 Å². The van der Waals surface area contributed by atoms with Gasteiger partial charge in [0, 0.05) is 6.42 Å². The third-order valence-electron chi connectivity index (χ3n) is 5.51. The maximum absolute atomic E-state index is 9.73. The molecule has 0 aliphatic heterocycles. The predicted octanol–water partition coefficient (Wildman–Crippen LogP) is 3.70. The van der Waals surface area contributed by atoms with Gasteiger partial charge in [0.25, 0.3) is 0 Å². The summed E-state index contributed by atoms with van der Waals surface area (Å²) in [5.41, 5.74) is 8.94. The van der Waals surface area contributed by atoms with Gasteiger partial charge in [-0.1, -0.05) is 54.6 Å². The number of nitrogens with two attached hydrogens (primary N) is 1. The lowest BCUT2D eigenvalue weighted by Gasteiger charge is -2.28. The molecule has 4 rings (SSSR count). The summed E-state index contributed by atoms with van der Waals surface area (Å²) in [5, 5.41) is 18.2. The van der Waals surface area contributed by atoms with Gasteiger partial charge in [0.1, 0.15) is 5.54 Å². The predicted molar refractivity (Wildman–Crippen MR) is 102 cm³/mol. The second-order valence-corrected chi connectivity index (χ2v) is 7.38. The first-order valence-electron chi connectivity index (χ1n) is 9.24. The number of nitriles is 1. The molecule has 0 amide bonds. The van der Waals surface area contributed by atoms with E-state index in [1.165, 1.54) is 5.56 Å². The third kappa shape index (κ3) is 3.24. The highest BCUT2D eigenvalue weighted by Gasteiger charge is 2.33. The van der Waals surface area contributed by atoms with Crippen LogP contribution in [-0.2, 0) is 18.4 Å². The van der Waals surface area contributed by atoms with E-state index in [-0.39, 0.29) is 11.8 Å². The summed E-state index contributed by atoms with van der Waals surface area (Å²) >= 11 is 0. The highest BCUT2D eigenvalue weighted by atomic mass is 16.4. The van der Waals surface area contributed by atoms with Gasteiger partial charge in [-0.15, -0.1) is 10.2 Å². The van der Waals surface area contributed by atoms with E-state index in [1.807, 2.05) is 49.4 Å². The maximum atomic E-state index is 9.73. The fourth-order valence-corrected chi connectivity index (χ4v) is 3.90. The number of aromatic nitrogens is 2. The fraction of sp³-hybridized carbons (Fsp3) is 0.318. The zero-order chi connectivity index (χ0) is 18.9. The van der Waals surface area contributed by atoms with Crippen molar-refractivity contribution in [2.75, 3.05) is 0 Å². The average molecular weight is 358 g/mol. The Morgan fingerprint density at radius 1 is 1.15 bits per heavy atom. The molecule has 1 aliphatic carbocycles. The highest BCUT2D eigenvalue weighted by Crippen LogP contribution is 2.37. The largest absolute Gasteiger partial charge is 0.423 e. The normalized spacial score (nSPS) is 21.1. The number of rotatable bonds is 4. The Hall–Kier alpha value is -2.97. The minimum atomic E-state index is -0.847. The van der Waals surface area contributed by atoms with Gasteiger partial charge in [-0.2, -0.15) is 5.26 Å². The van der Waals surface area contributed by atoms with Crippen LogP contribution in [0, 0.1) is 17.2 Å². The average Bonchev–Trinajstić information content (AvgIpc) is 3.18. The summed E-state index contributed by atoms with van der Waals surface area (Å²) in [6, 6.07) is 20.4. The number of hydrogen-bond acceptors (Lipinski definition) is 5. The molecule has 0 fully saturated rings. The molecular formula is C22H22N4O. The van der Waals surface area contributed by atoms with Crippen molar-refractivity contribution in [2.24, 2.45) is 11.7 Å². The molecule has 1 aliphatic rings. The Balaban J connectivity index is 1.56. The quantitative estimate of drug-likeness (QED) is 0.768. The van der Waals surface area contributed by atoms with Crippen molar-refractivity contribution in [3.05, 3.63) is 83.1 Å². The number of fused-ring (bicyclic) bond motifs is 1. The summed E-state index contributed by atoms with van der Waals surface area (Å²) in [7, 11) is 0. The Bertz CT molecular complexity index is 971. The Morgan fingerprint density at radius 2 is 1.89 bits per heavy atom. The standard InChI is InChI=1S/C22H22N4O/c1-22(24,17-8-3-2-4-9-17)21-26-25-20(27-21)13-16-12-11-15-7-5-6-10-18(15)19(16)14-23/h2-10,16,19H,11-13,24H2,1H3/t16?,19?,22-/m1/s1. The van der Waals surface area contributed by atoms with Crippen LogP contribution in [0.5, 0.6) is 0 Å². The van der Waals surface area contributed by atoms with E-state index in [9.17, 15) is 5.26 Å². The van der Waals surface area contributed by atoms with Gasteiger partial charge < -0.3 is 10.2 Å². The molecule has 27 heavy (non-hydrogen) atoms. The van der Waals surface area contributed by atoms with E-state index in [0.29, 0.717) is 18.2 Å². The molecule has 136 valence electrons. The van der Waals surface area contributed by atoms with E-state index in [0.717, 1.165) is 24.0 Å². The lowest BCUT2D eigenvalue weighted by atomic mass is 9.74. The van der Waals surface area contributed by atoms with E-state index in [1.54, 1.807) is 0 Å². The van der Waals surface area contributed by atoms with Crippen molar-refractivity contribution in [1.29, 1.82) is 5.26 Å². The summed E-state index contributed by atoms with van der Waals surface area (Å²) in [4.78, 5) is 0. The van der Waals surface area contributed by atoms with Crippen LogP contribution in [0.4, 0.5) is 0 Å². The minimum absolute atomic E-state index is 0.149. The lowest BCUT2D eigenvalue weighted by molar-refractivity contribution is 0.338. The van der Waals surface area contributed by atoms with E-state index in [2.05, 4.69) is 28.4 Å². The molecule has 2 aromatic carbocycles. The summed E-state index contributed by atoms with van der Waals surface area (Å²) in [6.07, 6.45) is 2.49. The molecule has 0 saturated carbocycles. The molecular weight excluding hydrogens is 336 g/mol. The van der Waals surface area contributed by atoms with Crippen LogP contribution in [0.2, 0.25) is 0 Å². The first-order chi connectivity index (χ1) is 13.1. The van der Waals surface area contributed by atoms with Gasteiger partial charge in [0.2, 0.25) is 11.8 Å². The van der Waals surface area contributed by atoms with E-state index in [4.69, 9.17) is 10.2 Å². The van der Waals surface area contributed by atoms with Crippen molar-refractivity contribution in [3.8, 4) is 6.07 Å². The molecule has 1 aromatic heterocycles. The smallest absolute Gasteiger partial charge is 0.240 e. The molecule has 0 bridgehead atoms. The van der Waals surface area contributed by atoms with Crippen molar-refractivity contribution in [3.63, 3.8) is 0 Å². The Labute approximate surface area is 158 Å². The van der Waals surface area contributed by atoms with Crippen LogP contribution in [-0.4, -0.2) is 10.2 Å². The Morgan fingerprint density at radius 3 is 2.67 bits per heavy atom. The highest BCUT2D eigenvalue weighted by molar-refractivity contribution is 5.37. The maximum Gasteiger partial charge on any atom is 0.240 e. The van der Waals surface area contributed by atoms with Gasteiger partial charge in [0.05, 0.1) is 12.0 Å². The van der Waals surface area contributed by atoms with Crippen LogP contribution < -0.4 is 5.73 Å². The molecule has 5 nitrogen and oxygen atoms in total. The summed E-state index contributed by atoms with van der Waals surface area (Å²) in [5.74, 6) is 0.957. The first-order valence-corrected chi connectivity index (χ1v) is 9.24. The molecule has 3 aromatic rings. The molecule has 3 atom stereocenters. The zero-order valence-electron chi connectivity index (χ0n) is 15.3. The van der Waals surface area contributed by atoms with Crippen LogP contribution >= 0.6 is 0 Å². The molecule has 0 saturated heterocycles. The monoisotopic (exact) mass is 358 g/mol. The van der Waals surface area contributed by atoms with Crippen molar-refractivity contribution >= 4 is 0 Å². The summed E-state index contributed by atoms with van der Waals surface area (Å²) in [6.45, 7) is 1.87. The van der Waals surface area contributed by atoms with Gasteiger partial charge in [0.15, 0.2) is 0 Å². The topological polar surface area (TPSA) is 88.7 Å². The van der Waals surface area contributed by atoms with Crippen molar-refractivity contribution in [1.82, 2.24) is 10.2 Å². The zero-order valence-corrected chi connectivity index (χ0v) is 15.3.